The highest BCUT2D eigenvalue weighted by atomic mass is 15.2. The fourth-order valence-electron chi connectivity index (χ4n) is 10.8. The lowest BCUT2D eigenvalue weighted by Crippen LogP contribution is -2.61. The quantitative estimate of drug-likeness (QED) is 0.0990. The lowest BCUT2D eigenvalue weighted by Gasteiger charge is -2.46. The monoisotopic (exact) mass is 787 g/mol. The largest absolute Gasteiger partial charge is 0.311 e. The third kappa shape index (κ3) is 6.29. The Kier molecular flexibility index (Phi) is 9.46. The maximum Gasteiger partial charge on any atom is 0.252 e. The molecule has 0 amide bonds. The number of anilines is 6. The van der Waals surface area contributed by atoms with Crippen LogP contribution >= 0.6 is 0 Å². The van der Waals surface area contributed by atoms with Crippen LogP contribution in [-0.2, 0) is 0 Å². The summed E-state index contributed by atoms with van der Waals surface area (Å²) in [6.07, 6.45) is 0. The lowest BCUT2D eigenvalue weighted by molar-refractivity contribution is 0.944. The molecule has 5 nitrogen and oxygen atoms in total. The molecule has 0 saturated carbocycles. The highest BCUT2D eigenvalue weighted by molar-refractivity contribution is 7.00. The van der Waals surface area contributed by atoms with E-state index in [0.29, 0.717) is 16.8 Å². The molecule has 7 aromatic carbocycles. The maximum absolute atomic E-state index is 10.4. The van der Waals surface area contributed by atoms with E-state index in [1.54, 1.807) is 0 Å². The van der Waals surface area contributed by atoms with E-state index in [1.165, 1.54) is 33.4 Å². The van der Waals surface area contributed by atoms with Gasteiger partial charge in [0.2, 0.25) is 0 Å². The second-order valence-corrected chi connectivity index (χ2v) is 17.3. The average molecular weight is 788 g/mol. The van der Waals surface area contributed by atoms with Gasteiger partial charge < -0.3 is 9.80 Å². The number of nitriles is 2. The summed E-state index contributed by atoms with van der Waals surface area (Å²) >= 11 is 0. The van der Waals surface area contributed by atoms with Crippen molar-refractivity contribution >= 4 is 62.9 Å². The number of fused-ring (bicyclic) bond motifs is 4. The van der Waals surface area contributed by atoms with Crippen LogP contribution in [0.1, 0.15) is 83.8 Å². The van der Waals surface area contributed by atoms with Crippen LogP contribution in [0.15, 0.2) is 109 Å². The Morgan fingerprint density at radius 1 is 0.492 bits per heavy atom. The minimum atomic E-state index is -0.269. The molecule has 1 unspecified atom stereocenters. The zero-order valence-electron chi connectivity index (χ0n) is 36.3. The minimum absolute atomic E-state index is 0.172. The minimum Gasteiger partial charge on any atom is -0.311 e. The summed E-state index contributed by atoms with van der Waals surface area (Å²) in [7, 11) is 0. The van der Waals surface area contributed by atoms with Gasteiger partial charge in [-0.2, -0.15) is 10.5 Å². The Morgan fingerprint density at radius 2 is 0.902 bits per heavy atom. The number of hydrogen-bond donors (Lipinski definition) is 0. The molecule has 0 aromatic heterocycles. The Balaban J connectivity index is 1.49. The molecule has 2 aliphatic rings. The van der Waals surface area contributed by atoms with Crippen molar-refractivity contribution in [2.75, 3.05) is 9.80 Å². The van der Waals surface area contributed by atoms with Crippen molar-refractivity contribution in [1.82, 2.24) is 0 Å². The molecule has 2 heterocycles. The Morgan fingerprint density at radius 3 is 1.30 bits per heavy atom. The lowest BCUT2D eigenvalue weighted by atomic mass is 9.33. The van der Waals surface area contributed by atoms with Gasteiger partial charge in [-0.25, -0.2) is 4.85 Å². The van der Waals surface area contributed by atoms with Crippen molar-refractivity contribution in [3.63, 3.8) is 0 Å². The molecule has 2 aliphatic heterocycles. The molecular weight excluding hydrogens is 741 g/mol. The first kappa shape index (κ1) is 39.2. The molecule has 0 radical (unpaired) electrons. The molecule has 294 valence electrons. The second kappa shape index (κ2) is 14.7. The van der Waals surface area contributed by atoms with E-state index >= 15 is 0 Å². The van der Waals surface area contributed by atoms with Gasteiger partial charge in [-0.05, 0) is 177 Å². The third-order valence-electron chi connectivity index (χ3n) is 12.8. The van der Waals surface area contributed by atoms with E-state index in [9.17, 15) is 10.5 Å². The Labute approximate surface area is 360 Å². The Bertz CT molecular complexity index is 2920. The van der Waals surface area contributed by atoms with Gasteiger partial charge in [0.25, 0.3) is 6.71 Å². The van der Waals surface area contributed by atoms with Gasteiger partial charge in [0.15, 0.2) is 5.69 Å². The predicted octanol–water partition coefficient (Wildman–Crippen LogP) is 12.0. The molecule has 0 N–H and O–H groups in total. The Hall–Kier alpha value is -7.33. The number of aryl methyl sites for hydroxylation is 9. The molecule has 7 aromatic rings. The standard InChI is InChI=1S/C55H46BN5/c1-31-19-34(4)51(35(5)20-31)52(42-13-15-44(59-10)16-14-42)43-27-49-53-50(28-43)61(55-38(8)23-33(3)24-39(55)9)48-18-12-41(30-58)26-46(48)56(53)45-25-40(29-57)11-17-47(45)60(49)54-36(6)21-32(2)22-37(54)7/h11-28,52H,1-9H3. The van der Waals surface area contributed by atoms with Crippen molar-refractivity contribution in [1.29, 1.82) is 10.5 Å². The van der Waals surface area contributed by atoms with Gasteiger partial charge >= 0.3 is 0 Å². The fourth-order valence-corrected chi connectivity index (χ4v) is 10.8. The van der Waals surface area contributed by atoms with Crippen LogP contribution in [0.3, 0.4) is 0 Å². The molecule has 0 spiro atoms. The van der Waals surface area contributed by atoms with Crippen LogP contribution in [0, 0.1) is 91.5 Å². The van der Waals surface area contributed by atoms with Gasteiger partial charge in [-0.3, -0.25) is 0 Å². The third-order valence-corrected chi connectivity index (χ3v) is 12.8. The van der Waals surface area contributed by atoms with Gasteiger partial charge in [0.05, 0.1) is 41.2 Å². The first-order valence-corrected chi connectivity index (χ1v) is 20.9. The molecule has 61 heavy (non-hydrogen) atoms. The first-order chi connectivity index (χ1) is 29.3. The summed E-state index contributed by atoms with van der Waals surface area (Å²) in [6.45, 7) is 27.2. The van der Waals surface area contributed by atoms with Crippen LogP contribution in [0.2, 0.25) is 0 Å². The summed E-state index contributed by atoms with van der Waals surface area (Å²) in [5.41, 5.74) is 25.6. The highest BCUT2D eigenvalue weighted by Gasteiger charge is 2.45. The summed E-state index contributed by atoms with van der Waals surface area (Å²) in [6, 6.07) is 43.7. The average Bonchev–Trinajstić information content (AvgIpc) is 3.22. The van der Waals surface area contributed by atoms with Crippen molar-refractivity contribution in [3.05, 3.63) is 199 Å². The summed E-state index contributed by atoms with van der Waals surface area (Å²) in [5.74, 6) is -0.172. The molecular formula is C55H46BN5. The molecule has 0 aliphatic carbocycles. The number of nitrogens with zero attached hydrogens (tertiary/aromatic N) is 5. The van der Waals surface area contributed by atoms with Crippen LogP contribution in [0.5, 0.6) is 0 Å². The van der Waals surface area contributed by atoms with Gasteiger partial charge in [-0.1, -0.05) is 77.4 Å². The van der Waals surface area contributed by atoms with Crippen LogP contribution in [0.4, 0.5) is 39.8 Å². The summed E-state index contributed by atoms with van der Waals surface area (Å²) in [4.78, 5) is 8.65. The van der Waals surface area contributed by atoms with Crippen LogP contribution in [0.25, 0.3) is 4.85 Å². The first-order valence-electron chi connectivity index (χ1n) is 20.9. The second-order valence-electron chi connectivity index (χ2n) is 17.3. The van der Waals surface area contributed by atoms with E-state index in [-0.39, 0.29) is 12.6 Å². The molecule has 9 rings (SSSR count). The van der Waals surface area contributed by atoms with Gasteiger partial charge in [0, 0.05) is 28.7 Å². The molecule has 1 atom stereocenters. The van der Waals surface area contributed by atoms with E-state index in [0.717, 1.165) is 83.9 Å². The van der Waals surface area contributed by atoms with Crippen molar-refractivity contribution in [2.45, 2.75) is 68.2 Å². The summed E-state index contributed by atoms with van der Waals surface area (Å²) < 4.78 is 0. The van der Waals surface area contributed by atoms with Crippen molar-refractivity contribution in [3.8, 4) is 12.1 Å². The number of hydrogen-bond acceptors (Lipinski definition) is 4. The van der Waals surface area contributed by atoms with Gasteiger partial charge in [-0.15, -0.1) is 0 Å². The van der Waals surface area contributed by atoms with Crippen molar-refractivity contribution < 1.29 is 0 Å². The molecule has 0 bridgehead atoms. The molecule has 0 saturated heterocycles. The molecule has 0 fully saturated rings. The number of benzene rings is 7. The van der Waals surface area contributed by atoms with Crippen LogP contribution < -0.4 is 26.2 Å². The van der Waals surface area contributed by atoms with E-state index in [4.69, 9.17) is 6.57 Å². The van der Waals surface area contributed by atoms with E-state index < -0.39 is 0 Å². The van der Waals surface area contributed by atoms with E-state index in [1.807, 2.05) is 24.3 Å². The topological polar surface area (TPSA) is 58.4 Å². The molecule has 6 heteroatoms. The highest BCUT2D eigenvalue weighted by Crippen LogP contribution is 2.50. The predicted molar refractivity (Wildman–Crippen MR) is 253 cm³/mol. The zero-order valence-corrected chi connectivity index (χ0v) is 36.3. The van der Waals surface area contributed by atoms with Crippen molar-refractivity contribution in [2.24, 2.45) is 0 Å². The fraction of sp³-hybridized carbons (Fsp3) is 0.182. The summed E-state index contributed by atoms with van der Waals surface area (Å²) in [5, 5.41) is 20.8. The van der Waals surface area contributed by atoms with E-state index in [2.05, 4.69) is 174 Å². The smallest absolute Gasteiger partial charge is 0.252 e. The zero-order chi connectivity index (χ0) is 43.0. The van der Waals surface area contributed by atoms with Gasteiger partial charge in [0.1, 0.15) is 0 Å². The SMILES string of the molecule is [C-]#[N+]c1ccc(C(c2cc3c4c(c2)N(c2c(C)cc(C)cc2C)c2ccc(C#N)cc2B4c2cc(C#N)ccc2N3c2c(C)cc(C)cc2C)c2c(C)cc(C)cc2C)cc1. The van der Waals surface area contributed by atoms with Crippen LogP contribution in [-0.4, -0.2) is 6.71 Å². The number of rotatable bonds is 5. The normalized spacial score (nSPS) is 12.8. The maximum atomic E-state index is 10.4.